The maximum absolute atomic E-state index is 11.1. The number of carboxylic acids is 1. The zero-order chi connectivity index (χ0) is 12.3. The van der Waals surface area contributed by atoms with E-state index in [1.807, 2.05) is 12.1 Å². The predicted octanol–water partition coefficient (Wildman–Crippen LogP) is 2.30. The third-order valence-electron chi connectivity index (χ3n) is 3.52. The van der Waals surface area contributed by atoms with E-state index < -0.39 is 5.97 Å². The van der Waals surface area contributed by atoms with Crippen LogP contribution in [0.15, 0.2) is 24.3 Å². The van der Waals surface area contributed by atoms with Gasteiger partial charge >= 0.3 is 5.97 Å². The summed E-state index contributed by atoms with van der Waals surface area (Å²) in [6.07, 6.45) is 2.77. The zero-order valence-corrected chi connectivity index (χ0v) is 10.2. The van der Waals surface area contributed by atoms with Crippen LogP contribution in [0.2, 0.25) is 0 Å². The molecule has 3 heteroatoms. The number of benzene rings is 1. The van der Waals surface area contributed by atoms with Crippen LogP contribution in [0.1, 0.15) is 30.9 Å². The van der Waals surface area contributed by atoms with Crippen molar-refractivity contribution in [2.45, 2.75) is 38.8 Å². The Balaban J connectivity index is 2.12. The number of aryl methyl sites for hydroxylation is 1. The van der Waals surface area contributed by atoms with Gasteiger partial charge in [0.15, 0.2) is 0 Å². The van der Waals surface area contributed by atoms with Gasteiger partial charge in [0.1, 0.15) is 6.04 Å². The summed E-state index contributed by atoms with van der Waals surface area (Å²) in [7, 11) is 0. The number of likely N-dealkylation sites (tertiary alicyclic amines) is 1. The molecule has 1 aromatic carbocycles. The second-order valence-electron chi connectivity index (χ2n) is 4.59. The molecule has 3 nitrogen and oxygen atoms in total. The molecule has 1 aromatic rings. The lowest BCUT2D eigenvalue weighted by Gasteiger charge is -2.22. The number of carboxylic acid groups (broad SMARTS) is 1. The zero-order valence-electron chi connectivity index (χ0n) is 10.2. The van der Waals surface area contributed by atoms with Gasteiger partial charge in [-0.05, 0) is 36.9 Å². The van der Waals surface area contributed by atoms with Crippen LogP contribution in [-0.2, 0) is 17.8 Å². The van der Waals surface area contributed by atoms with Crippen LogP contribution in [0.3, 0.4) is 0 Å². The van der Waals surface area contributed by atoms with Gasteiger partial charge < -0.3 is 5.11 Å². The fraction of sp³-hybridized carbons (Fsp3) is 0.500. The maximum Gasteiger partial charge on any atom is 0.320 e. The van der Waals surface area contributed by atoms with Gasteiger partial charge in [-0.2, -0.15) is 0 Å². The van der Waals surface area contributed by atoms with Crippen molar-refractivity contribution in [1.82, 2.24) is 4.90 Å². The van der Waals surface area contributed by atoms with E-state index in [2.05, 4.69) is 24.0 Å². The first-order valence-corrected chi connectivity index (χ1v) is 6.26. The van der Waals surface area contributed by atoms with Gasteiger partial charge in [0.25, 0.3) is 0 Å². The molecule has 1 saturated heterocycles. The number of aliphatic carboxylic acids is 1. The van der Waals surface area contributed by atoms with E-state index in [1.54, 1.807) is 0 Å². The molecule has 0 bridgehead atoms. The molecule has 2 rings (SSSR count). The van der Waals surface area contributed by atoms with Crippen LogP contribution in [0, 0.1) is 0 Å². The van der Waals surface area contributed by atoms with Gasteiger partial charge in [0.2, 0.25) is 0 Å². The highest BCUT2D eigenvalue weighted by Gasteiger charge is 2.30. The Kier molecular flexibility index (Phi) is 3.79. The molecule has 0 saturated carbocycles. The monoisotopic (exact) mass is 233 g/mol. The standard InChI is InChI=1S/C14H19NO2/c1-2-11-6-3-4-7-12(11)10-15-9-5-8-13(15)14(16)17/h3-4,6-7,13H,2,5,8-10H2,1H3,(H,16,17). The van der Waals surface area contributed by atoms with Crippen molar-refractivity contribution in [3.8, 4) is 0 Å². The van der Waals surface area contributed by atoms with Gasteiger partial charge in [-0.15, -0.1) is 0 Å². The number of rotatable bonds is 4. The summed E-state index contributed by atoms with van der Waals surface area (Å²) < 4.78 is 0. The van der Waals surface area contributed by atoms with Crippen molar-refractivity contribution in [3.05, 3.63) is 35.4 Å². The second kappa shape index (κ2) is 5.32. The first-order chi connectivity index (χ1) is 8.22. The predicted molar refractivity (Wildman–Crippen MR) is 66.9 cm³/mol. The molecule has 0 aromatic heterocycles. The lowest BCUT2D eigenvalue weighted by molar-refractivity contribution is -0.142. The highest BCUT2D eigenvalue weighted by molar-refractivity contribution is 5.73. The molecule has 0 aliphatic carbocycles. The molecule has 1 fully saturated rings. The van der Waals surface area contributed by atoms with E-state index in [1.165, 1.54) is 11.1 Å². The van der Waals surface area contributed by atoms with E-state index in [-0.39, 0.29) is 6.04 Å². The summed E-state index contributed by atoms with van der Waals surface area (Å²) in [6, 6.07) is 8.01. The van der Waals surface area contributed by atoms with Gasteiger partial charge in [0.05, 0.1) is 0 Å². The van der Waals surface area contributed by atoms with Crippen molar-refractivity contribution in [2.75, 3.05) is 6.54 Å². The normalized spacial score (nSPS) is 20.6. The Labute approximate surface area is 102 Å². The molecule has 1 unspecified atom stereocenters. The molecule has 1 heterocycles. The van der Waals surface area contributed by atoms with Gasteiger partial charge in [0, 0.05) is 6.54 Å². The van der Waals surface area contributed by atoms with Crippen LogP contribution in [0.25, 0.3) is 0 Å². The van der Waals surface area contributed by atoms with E-state index in [4.69, 9.17) is 5.11 Å². The molecule has 1 atom stereocenters. The van der Waals surface area contributed by atoms with E-state index >= 15 is 0 Å². The van der Waals surface area contributed by atoms with E-state index in [9.17, 15) is 4.79 Å². The average molecular weight is 233 g/mol. The molecule has 1 N–H and O–H groups in total. The topological polar surface area (TPSA) is 40.5 Å². The van der Waals surface area contributed by atoms with E-state index in [0.717, 1.165) is 32.4 Å². The Hall–Kier alpha value is -1.35. The first kappa shape index (κ1) is 12.1. The van der Waals surface area contributed by atoms with Gasteiger partial charge in [-0.25, -0.2) is 0 Å². The molecular formula is C14H19NO2. The van der Waals surface area contributed by atoms with Crippen LogP contribution in [-0.4, -0.2) is 28.6 Å². The smallest absolute Gasteiger partial charge is 0.320 e. The Morgan fingerprint density at radius 1 is 1.41 bits per heavy atom. The minimum absolute atomic E-state index is 0.292. The third-order valence-corrected chi connectivity index (χ3v) is 3.52. The molecule has 92 valence electrons. The summed E-state index contributed by atoms with van der Waals surface area (Å²) in [6.45, 7) is 3.80. The minimum atomic E-state index is -0.684. The van der Waals surface area contributed by atoms with Gasteiger partial charge in [-0.3, -0.25) is 9.69 Å². The van der Waals surface area contributed by atoms with E-state index in [0.29, 0.717) is 0 Å². The van der Waals surface area contributed by atoms with Crippen LogP contribution in [0.5, 0.6) is 0 Å². The SMILES string of the molecule is CCc1ccccc1CN1CCCC1C(=O)O. The van der Waals surface area contributed by atoms with Crippen LogP contribution < -0.4 is 0 Å². The molecule has 0 spiro atoms. The highest BCUT2D eigenvalue weighted by Crippen LogP contribution is 2.21. The van der Waals surface area contributed by atoms with Crippen molar-refractivity contribution in [3.63, 3.8) is 0 Å². The average Bonchev–Trinajstić information content (AvgIpc) is 2.78. The number of hydrogen-bond acceptors (Lipinski definition) is 2. The summed E-state index contributed by atoms with van der Waals surface area (Å²) in [4.78, 5) is 13.2. The molecule has 17 heavy (non-hydrogen) atoms. The Bertz CT molecular complexity index is 403. The van der Waals surface area contributed by atoms with Crippen LogP contribution in [0.4, 0.5) is 0 Å². The third kappa shape index (κ3) is 2.67. The van der Waals surface area contributed by atoms with Gasteiger partial charge in [-0.1, -0.05) is 31.2 Å². The fourth-order valence-corrected chi connectivity index (χ4v) is 2.57. The summed E-state index contributed by atoms with van der Waals surface area (Å²) in [5, 5.41) is 9.15. The number of nitrogens with zero attached hydrogens (tertiary/aromatic N) is 1. The van der Waals surface area contributed by atoms with Crippen molar-refractivity contribution in [2.24, 2.45) is 0 Å². The molecule has 0 radical (unpaired) electrons. The lowest BCUT2D eigenvalue weighted by atomic mass is 10.0. The molecular weight excluding hydrogens is 214 g/mol. The minimum Gasteiger partial charge on any atom is -0.480 e. The number of carbonyl (C=O) groups is 1. The molecule has 1 aliphatic rings. The number of hydrogen-bond donors (Lipinski definition) is 1. The fourth-order valence-electron chi connectivity index (χ4n) is 2.57. The first-order valence-electron chi connectivity index (χ1n) is 6.26. The Morgan fingerprint density at radius 3 is 2.76 bits per heavy atom. The van der Waals surface area contributed by atoms with Crippen molar-refractivity contribution >= 4 is 5.97 Å². The highest BCUT2D eigenvalue weighted by atomic mass is 16.4. The van der Waals surface area contributed by atoms with Crippen LogP contribution >= 0.6 is 0 Å². The maximum atomic E-state index is 11.1. The summed E-state index contributed by atoms with van der Waals surface area (Å²) in [5.41, 5.74) is 2.59. The summed E-state index contributed by atoms with van der Waals surface area (Å²) in [5.74, 6) is -0.684. The van der Waals surface area contributed by atoms with Crippen molar-refractivity contribution in [1.29, 1.82) is 0 Å². The molecule has 0 amide bonds. The quantitative estimate of drug-likeness (QED) is 0.867. The summed E-state index contributed by atoms with van der Waals surface area (Å²) >= 11 is 0. The largest absolute Gasteiger partial charge is 0.480 e. The second-order valence-corrected chi connectivity index (χ2v) is 4.59. The molecule has 1 aliphatic heterocycles. The Morgan fingerprint density at radius 2 is 2.12 bits per heavy atom. The lowest BCUT2D eigenvalue weighted by Crippen LogP contribution is -2.35. The van der Waals surface area contributed by atoms with Crippen molar-refractivity contribution < 1.29 is 9.90 Å².